The summed E-state index contributed by atoms with van der Waals surface area (Å²) in [6.07, 6.45) is 2.52. The van der Waals surface area contributed by atoms with Gasteiger partial charge >= 0.3 is 0 Å². The first kappa shape index (κ1) is 17.0. The smallest absolute Gasteiger partial charge is 0.120 e. The largest absolute Gasteiger partial charge is 0.490 e. The Bertz CT molecular complexity index is 642. The number of hydrogen-bond donors (Lipinski definition) is 2. The van der Waals surface area contributed by atoms with E-state index in [1.165, 1.54) is 11.1 Å². The summed E-state index contributed by atoms with van der Waals surface area (Å²) in [6.45, 7) is 8.03. The second-order valence-corrected chi connectivity index (χ2v) is 6.80. The summed E-state index contributed by atoms with van der Waals surface area (Å²) in [4.78, 5) is 2.31. The van der Waals surface area contributed by atoms with Crippen LogP contribution in [0.3, 0.4) is 0 Å². The first-order chi connectivity index (χ1) is 11.6. The van der Waals surface area contributed by atoms with E-state index in [0.29, 0.717) is 6.10 Å². The van der Waals surface area contributed by atoms with Crippen molar-refractivity contribution < 1.29 is 4.74 Å². The lowest BCUT2D eigenvalue weighted by Crippen LogP contribution is -2.34. The van der Waals surface area contributed by atoms with Gasteiger partial charge in [0.25, 0.3) is 0 Å². The van der Waals surface area contributed by atoms with Crippen molar-refractivity contribution in [1.29, 1.82) is 0 Å². The normalized spacial score (nSPS) is 15.8. The maximum Gasteiger partial charge on any atom is 0.120 e. The molecule has 2 N–H and O–H groups in total. The molecule has 130 valence electrons. The molecule has 0 bridgehead atoms. The van der Waals surface area contributed by atoms with E-state index in [4.69, 9.17) is 4.74 Å². The van der Waals surface area contributed by atoms with Crippen LogP contribution in [0.5, 0.6) is 5.75 Å². The second-order valence-electron chi connectivity index (χ2n) is 6.80. The number of nitrogens with one attached hydrogen (secondary N) is 2. The third-order valence-corrected chi connectivity index (χ3v) is 4.65. The number of aromatic amines is 1. The lowest BCUT2D eigenvalue weighted by Gasteiger charge is -2.24. The standard InChI is InChI=1S/C19H28N4O/c1-14-19(15(2)22-21-14)13-23(3)12-16-5-4-6-18(11-16)24-17-7-9-20-10-8-17/h4-6,11,17,20H,7-10,12-13H2,1-3H3,(H,21,22). The Morgan fingerprint density at radius 2 is 2.00 bits per heavy atom. The minimum atomic E-state index is 0.343. The summed E-state index contributed by atoms with van der Waals surface area (Å²) in [5, 5.41) is 10.7. The SMILES string of the molecule is Cc1n[nH]c(C)c1CN(C)Cc1cccc(OC2CCNCC2)c1. The van der Waals surface area contributed by atoms with Gasteiger partial charge in [-0.1, -0.05) is 12.1 Å². The molecule has 0 amide bonds. The van der Waals surface area contributed by atoms with Crippen LogP contribution >= 0.6 is 0 Å². The van der Waals surface area contributed by atoms with E-state index >= 15 is 0 Å². The first-order valence-corrected chi connectivity index (χ1v) is 8.77. The first-order valence-electron chi connectivity index (χ1n) is 8.77. The Morgan fingerprint density at radius 3 is 2.71 bits per heavy atom. The zero-order chi connectivity index (χ0) is 16.9. The van der Waals surface area contributed by atoms with Crippen molar-refractivity contribution in [3.05, 3.63) is 46.8 Å². The molecule has 1 aliphatic heterocycles. The number of hydrogen-bond acceptors (Lipinski definition) is 4. The number of piperidine rings is 1. The third kappa shape index (κ3) is 4.36. The fourth-order valence-corrected chi connectivity index (χ4v) is 3.27. The molecule has 1 aromatic heterocycles. The summed E-state index contributed by atoms with van der Waals surface area (Å²) in [5.41, 5.74) is 4.81. The summed E-state index contributed by atoms with van der Waals surface area (Å²) < 4.78 is 6.15. The number of aryl methyl sites for hydroxylation is 2. The van der Waals surface area contributed by atoms with Crippen LogP contribution in [0, 0.1) is 13.8 Å². The molecule has 2 aromatic rings. The van der Waals surface area contributed by atoms with Gasteiger partial charge in [-0.25, -0.2) is 0 Å². The topological polar surface area (TPSA) is 53.2 Å². The van der Waals surface area contributed by atoms with Crippen LogP contribution in [0.15, 0.2) is 24.3 Å². The molecule has 0 saturated carbocycles. The van der Waals surface area contributed by atoms with Crippen molar-refractivity contribution in [2.45, 2.75) is 45.9 Å². The Balaban J connectivity index is 1.59. The van der Waals surface area contributed by atoms with Crippen molar-refractivity contribution in [2.75, 3.05) is 20.1 Å². The van der Waals surface area contributed by atoms with E-state index in [2.05, 4.69) is 65.6 Å². The Morgan fingerprint density at radius 1 is 1.21 bits per heavy atom. The molecular weight excluding hydrogens is 300 g/mol. The van der Waals surface area contributed by atoms with Crippen LogP contribution in [0.4, 0.5) is 0 Å². The molecular formula is C19H28N4O. The average molecular weight is 328 g/mol. The van der Waals surface area contributed by atoms with Crippen LogP contribution in [0.2, 0.25) is 0 Å². The molecule has 1 fully saturated rings. The molecule has 0 unspecified atom stereocenters. The van der Waals surface area contributed by atoms with Crippen molar-refractivity contribution in [2.24, 2.45) is 0 Å². The summed E-state index contributed by atoms with van der Waals surface area (Å²) in [7, 11) is 2.15. The predicted molar refractivity (Wildman–Crippen MR) is 96.2 cm³/mol. The molecule has 5 heteroatoms. The van der Waals surface area contributed by atoms with Gasteiger partial charge in [0.15, 0.2) is 0 Å². The molecule has 24 heavy (non-hydrogen) atoms. The van der Waals surface area contributed by atoms with Gasteiger partial charge in [-0.15, -0.1) is 0 Å². The van der Waals surface area contributed by atoms with Gasteiger partial charge in [0.1, 0.15) is 11.9 Å². The van der Waals surface area contributed by atoms with E-state index in [9.17, 15) is 0 Å². The number of rotatable bonds is 6. The van der Waals surface area contributed by atoms with Gasteiger partial charge < -0.3 is 10.1 Å². The lowest BCUT2D eigenvalue weighted by molar-refractivity contribution is 0.162. The van der Waals surface area contributed by atoms with Gasteiger partial charge in [0.2, 0.25) is 0 Å². The zero-order valence-electron chi connectivity index (χ0n) is 14.9. The van der Waals surface area contributed by atoms with E-state index in [1.54, 1.807) is 0 Å². The Labute approximate surface area is 144 Å². The van der Waals surface area contributed by atoms with E-state index in [0.717, 1.165) is 56.2 Å². The predicted octanol–water partition coefficient (Wildman–Crippen LogP) is 2.79. The van der Waals surface area contributed by atoms with Crippen molar-refractivity contribution in [3.8, 4) is 5.75 Å². The van der Waals surface area contributed by atoms with E-state index < -0.39 is 0 Å². The van der Waals surface area contributed by atoms with Crippen LogP contribution in [-0.4, -0.2) is 41.3 Å². The highest BCUT2D eigenvalue weighted by Gasteiger charge is 2.15. The molecule has 0 aliphatic carbocycles. The maximum atomic E-state index is 6.15. The Hall–Kier alpha value is -1.85. The van der Waals surface area contributed by atoms with Crippen LogP contribution in [0.1, 0.15) is 35.4 Å². The number of nitrogens with zero attached hydrogens (tertiary/aromatic N) is 2. The van der Waals surface area contributed by atoms with Crippen LogP contribution < -0.4 is 10.1 Å². The number of benzene rings is 1. The fraction of sp³-hybridized carbons (Fsp3) is 0.526. The van der Waals surface area contributed by atoms with Gasteiger partial charge in [0.05, 0.1) is 5.69 Å². The summed E-state index contributed by atoms with van der Waals surface area (Å²) >= 11 is 0. The van der Waals surface area contributed by atoms with Gasteiger partial charge in [-0.2, -0.15) is 5.10 Å². The number of ether oxygens (including phenoxy) is 1. The van der Waals surface area contributed by atoms with Crippen molar-refractivity contribution in [3.63, 3.8) is 0 Å². The monoisotopic (exact) mass is 328 g/mol. The highest BCUT2D eigenvalue weighted by atomic mass is 16.5. The van der Waals surface area contributed by atoms with Crippen LogP contribution in [-0.2, 0) is 13.1 Å². The molecule has 3 rings (SSSR count). The quantitative estimate of drug-likeness (QED) is 0.856. The molecule has 0 radical (unpaired) electrons. The fourth-order valence-electron chi connectivity index (χ4n) is 3.27. The van der Waals surface area contributed by atoms with Crippen molar-refractivity contribution >= 4 is 0 Å². The van der Waals surface area contributed by atoms with E-state index in [1.807, 2.05) is 0 Å². The molecule has 2 heterocycles. The van der Waals surface area contributed by atoms with Crippen LogP contribution in [0.25, 0.3) is 0 Å². The highest BCUT2D eigenvalue weighted by molar-refractivity contribution is 5.29. The summed E-state index contributed by atoms with van der Waals surface area (Å²) in [5.74, 6) is 0.989. The number of aromatic nitrogens is 2. The lowest BCUT2D eigenvalue weighted by atomic mass is 10.1. The highest BCUT2D eigenvalue weighted by Crippen LogP contribution is 2.20. The second kappa shape index (κ2) is 7.81. The minimum Gasteiger partial charge on any atom is -0.490 e. The van der Waals surface area contributed by atoms with Gasteiger partial charge in [0, 0.05) is 24.3 Å². The third-order valence-electron chi connectivity index (χ3n) is 4.65. The zero-order valence-corrected chi connectivity index (χ0v) is 14.9. The average Bonchev–Trinajstić information content (AvgIpc) is 2.88. The molecule has 5 nitrogen and oxygen atoms in total. The molecule has 0 spiro atoms. The minimum absolute atomic E-state index is 0.343. The van der Waals surface area contributed by atoms with Gasteiger partial charge in [-0.3, -0.25) is 10.00 Å². The molecule has 1 aliphatic rings. The molecule has 0 atom stereocenters. The molecule has 1 saturated heterocycles. The Kier molecular flexibility index (Phi) is 5.53. The van der Waals surface area contributed by atoms with Gasteiger partial charge in [-0.05, 0) is 64.5 Å². The van der Waals surface area contributed by atoms with Crippen molar-refractivity contribution in [1.82, 2.24) is 20.4 Å². The summed E-state index contributed by atoms with van der Waals surface area (Å²) in [6, 6.07) is 8.50. The maximum absolute atomic E-state index is 6.15. The number of H-pyrrole nitrogens is 1. The van der Waals surface area contributed by atoms with E-state index in [-0.39, 0.29) is 0 Å². The molecule has 1 aromatic carbocycles.